The molecule has 2 fully saturated rings. The third kappa shape index (κ3) is 8.93. The Bertz CT molecular complexity index is 2340. The molecule has 328 valence electrons. The number of halogens is 3. The van der Waals surface area contributed by atoms with Gasteiger partial charge in [-0.25, -0.2) is 19.4 Å². The number of nitrogens with zero attached hydrogens (tertiary/aromatic N) is 3. The molecule has 5 aromatic rings. The summed E-state index contributed by atoms with van der Waals surface area (Å²) in [4.78, 5) is 64.8. The molecule has 2 saturated heterocycles. The zero-order valence-electron chi connectivity index (χ0n) is 35.4. The van der Waals surface area contributed by atoms with Crippen molar-refractivity contribution >= 4 is 24.0 Å². The van der Waals surface area contributed by atoms with Crippen LogP contribution in [0.1, 0.15) is 80.3 Å². The third-order valence-corrected chi connectivity index (χ3v) is 11.5. The molecule has 11 nitrogen and oxygen atoms in total. The maximum absolute atomic E-state index is 13.8. The number of hydrogen-bond donors (Lipinski definition) is 0. The van der Waals surface area contributed by atoms with E-state index in [-0.39, 0.29) is 23.3 Å². The van der Waals surface area contributed by atoms with Crippen molar-refractivity contribution in [3.63, 3.8) is 0 Å². The van der Waals surface area contributed by atoms with Crippen LogP contribution in [0.5, 0.6) is 0 Å². The Hall–Kier alpha value is -6.83. The smallest absolute Gasteiger partial charge is 0.418 e. The highest BCUT2D eigenvalue weighted by atomic mass is 19.4. The topological polar surface area (TPSA) is 136 Å². The lowest BCUT2D eigenvalue weighted by atomic mass is 9.75. The van der Waals surface area contributed by atoms with Crippen LogP contribution in [0, 0.1) is 22.0 Å². The largest absolute Gasteiger partial charge is 0.430 e. The fourth-order valence-electron chi connectivity index (χ4n) is 9.07. The van der Waals surface area contributed by atoms with Crippen molar-refractivity contribution in [2.75, 3.05) is 6.54 Å². The number of imide groups is 2. The first kappa shape index (κ1) is 45.7. The Kier molecular flexibility index (Phi) is 13.5. The minimum absolute atomic E-state index is 0.0285. The second kappa shape index (κ2) is 18.6. The first-order valence-corrected chi connectivity index (χ1v) is 20.5. The van der Waals surface area contributed by atoms with Gasteiger partial charge in [-0.1, -0.05) is 167 Å². The van der Waals surface area contributed by atoms with Gasteiger partial charge in [-0.15, -0.1) is 0 Å². The zero-order valence-corrected chi connectivity index (χ0v) is 35.4. The number of hydrogen-bond acceptors (Lipinski definition) is 8. The standard InChI is InChI=1S/C29H27F3N2O5.C20H21NO3/c1-19(2)26-28(21-11-5-3-6-12-21,22-13-7-4-8-14-22)39-27(36)34(26)25(35)17-20(18-33(37)38)23-15-9-10-16-24(23)29(30,31)32;1-14(2)18-20(16-10-6-4-7-11-16,17-12-8-5-9-13-17)24-19(23)21(18)15(3)22/h3-16,19-20,26H,17-18H2,1-2H3;4-14,18H,1-3H3/t20-,26+;18-/m10/s1. The van der Waals surface area contributed by atoms with Gasteiger partial charge in [-0.05, 0) is 23.5 Å². The van der Waals surface area contributed by atoms with E-state index in [0.29, 0.717) is 11.1 Å². The van der Waals surface area contributed by atoms with Crippen LogP contribution >= 0.6 is 0 Å². The molecule has 0 radical (unpaired) electrons. The maximum Gasteiger partial charge on any atom is 0.418 e. The number of carbonyl (C=O) groups excluding carboxylic acids is 4. The second-order valence-corrected chi connectivity index (χ2v) is 16.2. The molecule has 0 N–H and O–H groups in total. The summed E-state index contributed by atoms with van der Waals surface area (Å²) in [6, 6.07) is 40.3. The normalized spacial score (nSPS) is 18.3. The first-order chi connectivity index (χ1) is 29.9. The molecule has 0 unspecified atom stereocenters. The van der Waals surface area contributed by atoms with Crippen molar-refractivity contribution in [3.8, 4) is 0 Å². The molecular formula is C49H48F3N3O8. The number of benzene rings is 5. The fraction of sp³-hybridized carbons (Fsp3) is 0.306. The van der Waals surface area contributed by atoms with Crippen LogP contribution in [0.4, 0.5) is 22.8 Å². The summed E-state index contributed by atoms with van der Waals surface area (Å²) in [6.45, 7) is 8.10. The molecular weight excluding hydrogens is 816 g/mol. The highest BCUT2D eigenvalue weighted by Crippen LogP contribution is 2.49. The molecule has 4 amide bonds. The number of cyclic esters (lactones) is 2. The van der Waals surface area contributed by atoms with E-state index in [1.165, 1.54) is 24.0 Å². The van der Waals surface area contributed by atoms with Crippen molar-refractivity contribution in [2.45, 2.75) is 76.4 Å². The SMILES string of the molecule is CC(=O)N1C(=O)OC(c2ccccc2)(c2ccccc2)[C@@H]1C(C)C.CC(C)[C@@H]1N(C(=O)C[C@H](C[N+](=O)[O-])c2ccccc2C(F)(F)F)C(=O)OC1(c1ccccc1)c1ccccc1. The summed E-state index contributed by atoms with van der Waals surface area (Å²) in [5, 5.41) is 11.5. The van der Waals surface area contributed by atoms with Crippen LogP contribution in [0.25, 0.3) is 0 Å². The van der Waals surface area contributed by atoms with Crippen LogP contribution in [-0.4, -0.2) is 57.4 Å². The van der Waals surface area contributed by atoms with Gasteiger partial charge in [0.2, 0.25) is 18.4 Å². The van der Waals surface area contributed by atoms with E-state index >= 15 is 0 Å². The Morgan fingerprint density at radius 1 is 0.635 bits per heavy atom. The molecule has 7 rings (SSSR count). The van der Waals surface area contributed by atoms with Gasteiger partial charge in [0.15, 0.2) is 11.2 Å². The van der Waals surface area contributed by atoms with E-state index in [2.05, 4.69) is 0 Å². The Morgan fingerprint density at radius 2 is 0.984 bits per heavy atom. The molecule has 2 aliphatic rings. The van der Waals surface area contributed by atoms with Gasteiger partial charge >= 0.3 is 18.4 Å². The maximum atomic E-state index is 13.8. The molecule has 2 aliphatic heterocycles. The van der Waals surface area contributed by atoms with Crippen LogP contribution in [-0.2, 0) is 36.4 Å². The lowest BCUT2D eigenvalue weighted by molar-refractivity contribution is -0.483. The van der Waals surface area contributed by atoms with Crippen LogP contribution in [0.3, 0.4) is 0 Å². The predicted molar refractivity (Wildman–Crippen MR) is 228 cm³/mol. The van der Waals surface area contributed by atoms with E-state index < -0.39 is 76.9 Å². The predicted octanol–water partition coefficient (Wildman–Crippen LogP) is 10.4. The lowest BCUT2D eigenvalue weighted by Gasteiger charge is -2.37. The van der Waals surface area contributed by atoms with E-state index in [4.69, 9.17) is 9.47 Å². The molecule has 0 aliphatic carbocycles. The van der Waals surface area contributed by atoms with Gasteiger partial charge in [0, 0.05) is 40.5 Å². The average Bonchev–Trinajstić information content (AvgIpc) is 3.77. The summed E-state index contributed by atoms with van der Waals surface area (Å²) in [7, 11) is 0. The molecule has 14 heteroatoms. The minimum atomic E-state index is -4.78. The number of nitro groups is 1. The third-order valence-electron chi connectivity index (χ3n) is 11.5. The molecule has 3 atom stereocenters. The molecule has 0 spiro atoms. The first-order valence-electron chi connectivity index (χ1n) is 20.5. The molecule has 2 heterocycles. The molecule has 63 heavy (non-hydrogen) atoms. The fourth-order valence-corrected chi connectivity index (χ4v) is 9.07. The minimum Gasteiger partial charge on any atom is -0.430 e. The van der Waals surface area contributed by atoms with Gasteiger partial charge in [-0.2, -0.15) is 13.2 Å². The van der Waals surface area contributed by atoms with Gasteiger partial charge in [0.1, 0.15) is 0 Å². The summed E-state index contributed by atoms with van der Waals surface area (Å²) >= 11 is 0. The summed E-state index contributed by atoms with van der Waals surface area (Å²) in [6.07, 6.45) is -7.02. The highest BCUT2D eigenvalue weighted by Gasteiger charge is 2.60. The monoisotopic (exact) mass is 863 g/mol. The molecule has 0 aromatic heterocycles. The molecule has 0 bridgehead atoms. The van der Waals surface area contributed by atoms with Crippen molar-refractivity contribution < 1.29 is 46.7 Å². The van der Waals surface area contributed by atoms with Crippen LogP contribution in [0.15, 0.2) is 146 Å². The second-order valence-electron chi connectivity index (χ2n) is 16.2. The summed E-state index contributed by atoms with van der Waals surface area (Å²) in [5.41, 5.74) is -0.867. The number of alkyl halides is 3. The van der Waals surface area contributed by atoms with Gasteiger partial charge < -0.3 is 9.47 Å². The van der Waals surface area contributed by atoms with E-state index in [1.807, 2.05) is 74.5 Å². The van der Waals surface area contributed by atoms with E-state index in [9.17, 15) is 42.5 Å². The summed E-state index contributed by atoms with van der Waals surface area (Å²) in [5.74, 6) is -2.89. The number of amides is 4. The zero-order chi connectivity index (χ0) is 45.7. The Labute approximate surface area is 363 Å². The van der Waals surface area contributed by atoms with E-state index in [1.54, 1.807) is 74.5 Å². The van der Waals surface area contributed by atoms with Crippen molar-refractivity contribution in [1.82, 2.24) is 9.80 Å². The number of carbonyl (C=O) groups is 4. The van der Waals surface area contributed by atoms with Crippen LogP contribution in [0.2, 0.25) is 0 Å². The van der Waals surface area contributed by atoms with Crippen molar-refractivity contribution in [3.05, 3.63) is 189 Å². The van der Waals surface area contributed by atoms with E-state index in [0.717, 1.165) is 28.2 Å². The highest BCUT2D eigenvalue weighted by molar-refractivity contribution is 5.95. The quantitative estimate of drug-likeness (QED) is 0.0946. The summed E-state index contributed by atoms with van der Waals surface area (Å²) < 4.78 is 53.2. The lowest BCUT2D eigenvalue weighted by Crippen LogP contribution is -2.50. The average molecular weight is 864 g/mol. The van der Waals surface area contributed by atoms with Crippen molar-refractivity contribution in [2.24, 2.45) is 11.8 Å². The number of rotatable bonds is 11. The number of ether oxygens (including phenoxy) is 2. The Balaban J connectivity index is 0.000000235. The van der Waals surface area contributed by atoms with Gasteiger partial charge in [0.05, 0.1) is 23.6 Å². The van der Waals surface area contributed by atoms with Crippen molar-refractivity contribution in [1.29, 1.82) is 0 Å². The van der Waals surface area contributed by atoms with Crippen LogP contribution < -0.4 is 0 Å². The molecule has 5 aromatic carbocycles. The Morgan fingerprint density at radius 3 is 1.33 bits per heavy atom. The van der Waals surface area contributed by atoms with Gasteiger partial charge in [-0.3, -0.25) is 19.7 Å². The molecule has 0 saturated carbocycles. The van der Waals surface area contributed by atoms with Gasteiger partial charge in [0.25, 0.3) is 0 Å².